The van der Waals surface area contributed by atoms with Gasteiger partial charge in [-0.1, -0.05) is 13.0 Å². The Morgan fingerprint density at radius 3 is 3.05 bits per heavy atom. The molecule has 1 unspecified atom stereocenters. The van der Waals surface area contributed by atoms with Gasteiger partial charge in [0.1, 0.15) is 5.76 Å². The number of hydrogen-bond donors (Lipinski definition) is 1. The molecule has 0 saturated heterocycles. The van der Waals surface area contributed by atoms with Crippen molar-refractivity contribution in [2.45, 2.75) is 25.8 Å². The highest BCUT2D eigenvalue weighted by molar-refractivity contribution is 5.55. The van der Waals surface area contributed by atoms with Gasteiger partial charge in [-0.25, -0.2) is 4.52 Å². The molecule has 0 aromatic carbocycles. The largest absolute Gasteiger partial charge is 0.469 e. The molecule has 0 radical (unpaired) electrons. The monoisotopic (exact) mass is 269 g/mol. The van der Waals surface area contributed by atoms with E-state index in [0.717, 1.165) is 30.7 Å². The smallest absolute Gasteiger partial charge is 0.105 e. The summed E-state index contributed by atoms with van der Waals surface area (Å²) in [5, 5.41) is 8.01. The third-order valence-electron chi connectivity index (χ3n) is 3.46. The second-order valence-electron chi connectivity index (χ2n) is 4.92. The summed E-state index contributed by atoms with van der Waals surface area (Å²) in [5.74, 6) is 0.994. The van der Waals surface area contributed by atoms with Gasteiger partial charge >= 0.3 is 0 Å². The summed E-state index contributed by atoms with van der Waals surface area (Å²) in [6.07, 6.45) is 7.59. The van der Waals surface area contributed by atoms with Crippen LogP contribution in [0, 0.1) is 0 Å². The predicted octanol–water partition coefficient (Wildman–Crippen LogP) is 3.21. The molecule has 3 aromatic heterocycles. The number of nitrogens with one attached hydrogen (secondary N) is 1. The van der Waals surface area contributed by atoms with Gasteiger partial charge in [0.05, 0.1) is 18.0 Å². The molecule has 3 rings (SSSR count). The molecule has 0 bridgehead atoms. The first-order valence-corrected chi connectivity index (χ1v) is 7.06. The molecule has 20 heavy (non-hydrogen) atoms. The lowest BCUT2D eigenvalue weighted by Gasteiger charge is -2.16. The van der Waals surface area contributed by atoms with E-state index in [4.69, 9.17) is 4.42 Å². The van der Waals surface area contributed by atoms with Crippen molar-refractivity contribution in [2.24, 2.45) is 0 Å². The van der Waals surface area contributed by atoms with Crippen LogP contribution < -0.4 is 5.32 Å². The van der Waals surface area contributed by atoms with Crippen molar-refractivity contribution in [3.63, 3.8) is 0 Å². The Labute approximate surface area is 118 Å². The van der Waals surface area contributed by atoms with E-state index in [-0.39, 0.29) is 6.04 Å². The first-order valence-electron chi connectivity index (χ1n) is 7.06. The maximum absolute atomic E-state index is 5.49. The molecule has 104 valence electrons. The van der Waals surface area contributed by atoms with Crippen LogP contribution in [-0.4, -0.2) is 16.2 Å². The van der Waals surface area contributed by atoms with Crippen LogP contribution in [0.1, 0.15) is 30.7 Å². The van der Waals surface area contributed by atoms with Crippen LogP contribution in [0.25, 0.3) is 5.52 Å². The highest BCUT2D eigenvalue weighted by atomic mass is 16.3. The van der Waals surface area contributed by atoms with Crippen molar-refractivity contribution in [1.82, 2.24) is 14.9 Å². The number of fused-ring (bicyclic) bond motifs is 1. The molecule has 0 aliphatic rings. The molecule has 1 atom stereocenters. The lowest BCUT2D eigenvalue weighted by molar-refractivity contribution is 0.450. The van der Waals surface area contributed by atoms with Crippen LogP contribution in [-0.2, 0) is 6.42 Å². The maximum Gasteiger partial charge on any atom is 0.105 e. The minimum absolute atomic E-state index is 0.223. The fraction of sp³-hybridized carbons (Fsp3) is 0.312. The van der Waals surface area contributed by atoms with Crippen LogP contribution in [0.2, 0.25) is 0 Å². The number of furan rings is 1. The van der Waals surface area contributed by atoms with E-state index in [9.17, 15) is 0 Å². The van der Waals surface area contributed by atoms with Crippen LogP contribution in [0.15, 0.2) is 53.4 Å². The molecule has 0 aliphatic carbocycles. The number of pyridine rings is 1. The molecule has 0 amide bonds. The lowest BCUT2D eigenvalue weighted by atomic mass is 10.0. The third kappa shape index (κ3) is 2.60. The molecule has 4 nitrogen and oxygen atoms in total. The second kappa shape index (κ2) is 5.92. The Morgan fingerprint density at radius 2 is 2.25 bits per heavy atom. The van der Waals surface area contributed by atoms with Crippen LogP contribution >= 0.6 is 0 Å². The van der Waals surface area contributed by atoms with E-state index in [0.29, 0.717) is 0 Å². The van der Waals surface area contributed by atoms with Crippen molar-refractivity contribution >= 4 is 5.52 Å². The van der Waals surface area contributed by atoms with Gasteiger partial charge in [0.2, 0.25) is 0 Å². The summed E-state index contributed by atoms with van der Waals surface area (Å²) in [6, 6.07) is 10.3. The van der Waals surface area contributed by atoms with Gasteiger partial charge in [0, 0.05) is 24.2 Å². The second-order valence-corrected chi connectivity index (χ2v) is 4.92. The maximum atomic E-state index is 5.49. The van der Waals surface area contributed by atoms with E-state index in [1.165, 1.54) is 5.56 Å². The predicted molar refractivity (Wildman–Crippen MR) is 78.6 cm³/mol. The molecule has 3 aromatic rings. The molecule has 0 aliphatic heterocycles. The van der Waals surface area contributed by atoms with Gasteiger partial charge in [-0.15, -0.1) is 0 Å². The summed E-state index contributed by atoms with van der Waals surface area (Å²) in [4.78, 5) is 0. The van der Waals surface area contributed by atoms with Crippen molar-refractivity contribution in [1.29, 1.82) is 0 Å². The van der Waals surface area contributed by atoms with Crippen molar-refractivity contribution < 1.29 is 4.42 Å². The quantitative estimate of drug-likeness (QED) is 0.747. The summed E-state index contributed by atoms with van der Waals surface area (Å²) in [5.41, 5.74) is 2.36. The van der Waals surface area contributed by atoms with E-state index in [2.05, 4.69) is 23.4 Å². The molecular formula is C16H19N3O. The lowest BCUT2D eigenvalue weighted by Crippen LogP contribution is -2.23. The summed E-state index contributed by atoms with van der Waals surface area (Å²) in [6.45, 7) is 3.16. The van der Waals surface area contributed by atoms with Crippen LogP contribution in [0.4, 0.5) is 0 Å². The minimum Gasteiger partial charge on any atom is -0.469 e. The van der Waals surface area contributed by atoms with Gasteiger partial charge < -0.3 is 9.73 Å². The highest BCUT2D eigenvalue weighted by Crippen LogP contribution is 2.23. The van der Waals surface area contributed by atoms with Gasteiger partial charge in [-0.3, -0.25) is 0 Å². The summed E-state index contributed by atoms with van der Waals surface area (Å²) >= 11 is 0. The Kier molecular flexibility index (Phi) is 3.83. The molecule has 4 heteroatoms. The van der Waals surface area contributed by atoms with Crippen molar-refractivity contribution in [3.05, 3.63) is 60.3 Å². The average Bonchev–Trinajstić information content (AvgIpc) is 3.12. The highest BCUT2D eigenvalue weighted by Gasteiger charge is 2.17. The zero-order chi connectivity index (χ0) is 13.8. The third-order valence-corrected chi connectivity index (χ3v) is 3.46. The fourth-order valence-electron chi connectivity index (χ4n) is 2.46. The Balaban J connectivity index is 1.91. The standard InChI is InChI=1S/C16H19N3O/c1-2-8-17-15(11-13-6-5-10-20-13)14-12-18-19-9-4-3-7-16(14)19/h3-7,9-10,12,15,17H,2,8,11H2,1H3. The normalized spacial score (nSPS) is 12.8. The van der Waals surface area contributed by atoms with Gasteiger partial charge in [0.25, 0.3) is 0 Å². The Bertz CT molecular complexity index is 657. The SMILES string of the molecule is CCCNC(Cc1ccco1)c1cnn2ccccc12. The molecule has 1 N–H and O–H groups in total. The zero-order valence-corrected chi connectivity index (χ0v) is 11.6. The number of rotatable bonds is 6. The first-order chi connectivity index (χ1) is 9.88. The number of nitrogens with zero attached hydrogens (tertiary/aromatic N) is 2. The average molecular weight is 269 g/mol. The Hall–Kier alpha value is -2.07. The molecule has 0 spiro atoms. The molecule has 0 saturated carbocycles. The van der Waals surface area contributed by atoms with E-state index in [1.807, 2.05) is 41.2 Å². The van der Waals surface area contributed by atoms with Gasteiger partial charge in [-0.05, 0) is 37.2 Å². The minimum atomic E-state index is 0.223. The Morgan fingerprint density at radius 1 is 1.30 bits per heavy atom. The van der Waals surface area contributed by atoms with Crippen LogP contribution in [0.3, 0.4) is 0 Å². The molecule has 3 heterocycles. The van der Waals surface area contributed by atoms with E-state index in [1.54, 1.807) is 6.26 Å². The van der Waals surface area contributed by atoms with E-state index < -0.39 is 0 Å². The number of hydrogen-bond acceptors (Lipinski definition) is 3. The topological polar surface area (TPSA) is 42.5 Å². The van der Waals surface area contributed by atoms with Gasteiger partial charge in [0.15, 0.2) is 0 Å². The zero-order valence-electron chi connectivity index (χ0n) is 11.6. The van der Waals surface area contributed by atoms with Crippen LogP contribution in [0.5, 0.6) is 0 Å². The fourth-order valence-corrected chi connectivity index (χ4v) is 2.46. The number of aromatic nitrogens is 2. The van der Waals surface area contributed by atoms with Crippen molar-refractivity contribution in [2.75, 3.05) is 6.54 Å². The first kappa shape index (κ1) is 12.9. The molecular weight excluding hydrogens is 250 g/mol. The van der Waals surface area contributed by atoms with Gasteiger partial charge in [-0.2, -0.15) is 5.10 Å². The summed E-state index contributed by atoms with van der Waals surface area (Å²) in [7, 11) is 0. The van der Waals surface area contributed by atoms with Crippen molar-refractivity contribution in [3.8, 4) is 0 Å². The van der Waals surface area contributed by atoms with E-state index >= 15 is 0 Å². The summed E-state index contributed by atoms with van der Waals surface area (Å²) < 4.78 is 7.40. The molecule has 0 fully saturated rings.